The molecule has 10 heteroatoms. The molecule has 0 spiro atoms. The third-order valence-corrected chi connectivity index (χ3v) is 5.13. The third-order valence-electron chi connectivity index (χ3n) is 5.13. The molecule has 0 unspecified atom stereocenters. The van der Waals surface area contributed by atoms with E-state index in [4.69, 9.17) is 4.74 Å². The van der Waals surface area contributed by atoms with Gasteiger partial charge in [-0.1, -0.05) is 12.1 Å². The van der Waals surface area contributed by atoms with E-state index >= 15 is 0 Å². The van der Waals surface area contributed by atoms with E-state index in [0.717, 1.165) is 6.07 Å². The van der Waals surface area contributed by atoms with E-state index < -0.39 is 23.6 Å². The minimum absolute atomic E-state index is 0.0873. The van der Waals surface area contributed by atoms with Crippen LogP contribution in [0.25, 0.3) is 10.9 Å². The molecule has 0 fully saturated rings. The van der Waals surface area contributed by atoms with Crippen molar-refractivity contribution in [2.75, 3.05) is 23.9 Å². The van der Waals surface area contributed by atoms with E-state index in [0.29, 0.717) is 40.0 Å². The van der Waals surface area contributed by atoms with Gasteiger partial charge in [0, 0.05) is 24.1 Å². The van der Waals surface area contributed by atoms with Gasteiger partial charge in [-0.2, -0.15) is 13.2 Å². The monoisotopic (exact) mass is 434 g/mol. The smallest absolute Gasteiger partial charge is 0.419 e. The minimum atomic E-state index is -4.80. The Morgan fingerprint density at radius 2 is 1.97 bits per heavy atom. The average Bonchev–Trinajstić information content (AvgIpc) is 2.69. The number of nitrogens with one attached hydrogen (secondary N) is 1. The standard InChI is InChI=1S/C21H18F4N4O2/c1-10(12-5-4-6-14(19(12)22)21(23,24)25)26-20-13-7-16-17(31-9-18(30)29(16)3)8-15(13)27-11(2)28-20/h4-8,10H,9H2,1-3H3,(H,26,27,28)/t10-/m1/s1. The first-order valence-corrected chi connectivity index (χ1v) is 9.40. The van der Waals surface area contributed by atoms with E-state index in [9.17, 15) is 22.4 Å². The maximum atomic E-state index is 14.6. The van der Waals surface area contributed by atoms with Gasteiger partial charge in [0.25, 0.3) is 5.91 Å². The zero-order valence-electron chi connectivity index (χ0n) is 16.8. The lowest BCUT2D eigenvalue weighted by Crippen LogP contribution is -2.35. The molecule has 162 valence electrons. The van der Waals surface area contributed by atoms with Gasteiger partial charge >= 0.3 is 6.18 Å². The lowest BCUT2D eigenvalue weighted by molar-refractivity contribution is -0.140. The Kier molecular flexibility index (Phi) is 4.95. The molecular weight excluding hydrogens is 416 g/mol. The molecule has 1 N–H and O–H groups in total. The molecule has 3 aromatic rings. The normalized spacial score (nSPS) is 14.9. The van der Waals surface area contributed by atoms with Crippen molar-refractivity contribution in [3.05, 3.63) is 53.1 Å². The number of halogens is 4. The van der Waals surface area contributed by atoms with Crippen LogP contribution in [-0.4, -0.2) is 29.5 Å². The summed E-state index contributed by atoms with van der Waals surface area (Å²) in [4.78, 5) is 22.1. The zero-order valence-corrected chi connectivity index (χ0v) is 16.8. The highest BCUT2D eigenvalue weighted by atomic mass is 19.4. The van der Waals surface area contributed by atoms with Crippen molar-refractivity contribution in [3.8, 4) is 5.75 Å². The second-order valence-electron chi connectivity index (χ2n) is 7.27. The number of carbonyl (C=O) groups is 1. The van der Waals surface area contributed by atoms with Crippen LogP contribution >= 0.6 is 0 Å². The highest BCUT2D eigenvalue weighted by molar-refractivity contribution is 6.02. The zero-order chi connectivity index (χ0) is 22.5. The SMILES string of the molecule is Cc1nc(N[C@H](C)c2cccc(C(F)(F)F)c2F)c2cc3c(cc2n1)OCC(=O)N3C. The molecule has 0 aliphatic carbocycles. The number of likely N-dealkylation sites (N-methyl/N-ethyl adjacent to an activating group) is 1. The summed E-state index contributed by atoms with van der Waals surface area (Å²) in [6.07, 6.45) is -4.80. The quantitative estimate of drug-likeness (QED) is 0.609. The number of aromatic nitrogens is 2. The summed E-state index contributed by atoms with van der Waals surface area (Å²) in [7, 11) is 1.61. The van der Waals surface area contributed by atoms with Crippen LogP contribution in [0.3, 0.4) is 0 Å². The first-order chi connectivity index (χ1) is 14.6. The van der Waals surface area contributed by atoms with Crippen LogP contribution in [0.2, 0.25) is 0 Å². The lowest BCUT2D eigenvalue weighted by atomic mass is 10.0. The van der Waals surface area contributed by atoms with Crippen LogP contribution in [0.4, 0.5) is 29.1 Å². The van der Waals surface area contributed by atoms with Crippen molar-refractivity contribution in [2.45, 2.75) is 26.1 Å². The fourth-order valence-corrected chi connectivity index (χ4v) is 3.51. The Labute approximate surface area is 174 Å². The number of nitrogens with zero attached hydrogens (tertiary/aromatic N) is 3. The Hall–Kier alpha value is -3.43. The summed E-state index contributed by atoms with van der Waals surface area (Å²) in [5.74, 6) is -0.362. The van der Waals surface area contributed by atoms with Crippen molar-refractivity contribution in [1.82, 2.24) is 9.97 Å². The Morgan fingerprint density at radius 1 is 1.23 bits per heavy atom. The highest BCUT2D eigenvalue weighted by Gasteiger charge is 2.35. The van der Waals surface area contributed by atoms with E-state index in [1.54, 1.807) is 33.0 Å². The summed E-state index contributed by atoms with van der Waals surface area (Å²) < 4.78 is 59.3. The van der Waals surface area contributed by atoms with Gasteiger partial charge in [0.2, 0.25) is 0 Å². The second-order valence-corrected chi connectivity index (χ2v) is 7.27. The summed E-state index contributed by atoms with van der Waals surface area (Å²) in [6.45, 7) is 3.12. The Bertz CT molecular complexity index is 1200. The number of rotatable bonds is 3. The van der Waals surface area contributed by atoms with Crippen molar-refractivity contribution in [1.29, 1.82) is 0 Å². The number of amides is 1. The first kappa shape index (κ1) is 20.8. The first-order valence-electron chi connectivity index (χ1n) is 9.40. The molecule has 4 rings (SSSR count). The number of carbonyl (C=O) groups excluding carboxylic acids is 1. The van der Waals surface area contributed by atoms with Crippen molar-refractivity contribution < 1.29 is 27.1 Å². The number of aryl methyl sites for hydroxylation is 1. The highest BCUT2D eigenvalue weighted by Crippen LogP contribution is 2.38. The summed E-state index contributed by atoms with van der Waals surface area (Å²) in [6, 6.07) is 5.67. The fraction of sp³-hybridized carbons (Fsp3) is 0.286. The molecule has 0 radical (unpaired) electrons. The Balaban J connectivity index is 1.78. The van der Waals surface area contributed by atoms with Crippen molar-refractivity contribution in [3.63, 3.8) is 0 Å². The van der Waals surface area contributed by atoms with E-state index in [-0.39, 0.29) is 18.1 Å². The predicted molar refractivity (Wildman–Crippen MR) is 107 cm³/mol. The number of benzene rings is 2. The number of anilines is 2. The molecule has 1 aromatic heterocycles. The third kappa shape index (κ3) is 3.73. The molecule has 0 bridgehead atoms. The van der Waals surface area contributed by atoms with Gasteiger partial charge in [-0.15, -0.1) is 0 Å². The maximum Gasteiger partial charge on any atom is 0.419 e. The molecular formula is C21H18F4N4O2. The van der Waals surface area contributed by atoms with Gasteiger partial charge < -0.3 is 15.0 Å². The maximum absolute atomic E-state index is 14.6. The molecule has 2 aromatic carbocycles. The minimum Gasteiger partial charge on any atom is -0.481 e. The summed E-state index contributed by atoms with van der Waals surface area (Å²) in [5.41, 5.74) is -0.438. The second kappa shape index (κ2) is 7.36. The number of ether oxygens (including phenoxy) is 1. The van der Waals surface area contributed by atoms with Crippen LogP contribution in [0.5, 0.6) is 5.75 Å². The molecule has 2 heterocycles. The van der Waals surface area contributed by atoms with Crippen LogP contribution in [0.1, 0.15) is 29.9 Å². The number of fused-ring (bicyclic) bond motifs is 2. The molecule has 31 heavy (non-hydrogen) atoms. The Morgan fingerprint density at radius 3 is 2.68 bits per heavy atom. The molecule has 0 saturated carbocycles. The van der Waals surface area contributed by atoms with E-state index in [2.05, 4.69) is 15.3 Å². The molecule has 1 amide bonds. The van der Waals surface area contributed by atoms with E-state index in [1.807, 2.05) is 0 Å². The average molecular weight is 434 g/mol. The van der Waals surface area contributed by atoms with Crippen molar-refractivity contribution in [2.24, 2.45) is 0 Å². The van der Waals surface area contributed by atoms with Crippen LogP contribution in [0.15, 0.2) is 30.3 Å². The van der Waals surface area contributed by atoms with Crippen LogP contribution in [0, 0.1) is 12.7 Å². The summed E-state index contributed by atoms with van der Waals surface area (Å²) in [5, 5.41) is 3.51. The van der Waals surface area contributed by atoms with Gasteiger partial charge in [0.1, 0.15) is 23.2 Å². The van der Waals surface area contributed by atoms with Gasteiger partial charge in [-0.25, -0.2) is 14.4 Å². The van der Waals surface area contributed by atoms with Crippen LogP contribution in [-0.2, 0) is 11.0 Å². The number of hydrogen-bond donors (Lipinski definition) is 1. The molecule has 0 saturated heterocycles. The van der Waals surface area contributed by atoms with Gasteiger partial charge in [0.05, 0.1) is 22.8 Å². The topological polar surface area (TPSA) is 67.4 Å². The van der Waals surface area contributed by atoms with Crippen LogP contribution < -0.4 is 15.0 Å². The molecule has 1 aliphatic rings. The number of alkyl halides is 3. The predicted octanol–water partition coefficient (Wildman–Crippen LogP) is 4.62. The molecule has 6 nitrogen and oxygen atoms in total. The summed E-state index contributed by atoms with van der Waals surface area (Å²) >= 11 is 0. The largest absolute Gasteiger partial charge is 0.481 e. The van der Waals surface area contributed by atoms with Gasteiger partial charge in [-0.3, -0.25) is 4.79 Å². The van der Waals surface area contributed by atoms with E-state index in [1.165, 1.54) is 11.0 Å². The van der Waals surface area contributed by atoms with Crippen molar-refractivity contribution >= 4 is 28.3 Å². The molecule has 1 aliphatic heterocycles. The fourth-order valence-electron chi connectivity index (χ4n) is 3.51. The lowest BCUT2D eigenvalue weighted by Gasteiger charge is -2.26. The van der Waals surface area contributed by atoms with Gasteiger partial charge in [-0.05, 0) is 26.0 Å². The molecule has 1 atom stereocenters. The van der Waals surface area contributed by atoms with Gasteiger partial charge in [0.15, 0.2) is 6.61 Å². The number of hydrogen-bond acceptors (Lipinski definition) is 5.